The van der Waals surface area contributed by atoms with Gasteiger partial charge < -0.3 is 5.32 Å². The Balaban J connectivity index is 2.46. The van der Waals surface area contributed by atoms with Gasteiger partial charge in [0, 0.05) is 8.95 Å². The van der Waals surface area contributed by atoms with Crippen molar-refractivity contribution in [3.63, 3.8) is 0 Å². The lowest BCUT2D eigenvalue weighted by Gasteiger charge is -2.22. The molecule has 0 amide bonds. The zero-order valence-electron chi connectivity index (χ0n) is 12.1. The van der Waals surface area contributed by atoms with E-state index in [4.69, 9.17) is 0 Å². The van der Waals surface area contributed by atoms with Gasteiger partial charge >= 0.3 is 0 Å². The van der Waals surface area contributed by atoms with E-state index in [2.05, 4.69) is 56.2 Å². The molecule has 0 bridgehead atoms. The number of rotatable bonds is 5. The standard InChI is InChI=1S/C17H18Br2FN/c1-3-6-21-17(12-8-13(18)10-14(19)9-12)16-5-4-15(20)7-11(16)2/h4-5,7-10,17,21H,3,6H2,1-2H3. The van der Waals surface area contributed by atoms with E-state index in [9.17, 15) is 4.39 Å². The Kier molecular flexibility index (Phi) is 5.97. The average molecular weight is 415 g/mol. The highest BCUT2D eigenvalue weighted by atomic mass is 79.9. The molecule has 2 aromatic rings. The van der Waals surface area contributed by atoms with Crippen LogP contribution in [0.5, 0.6) is 0 Å². The molecule has 0 radical (unpaired) electrons. The smallest absolute Gasteiger partial charge is 0.123 e. The van der Waals surface area contributed by atoms with Crippen LogP contribution in [-0.4, -0.2) is 6.54 Å². The third kappa shape index (κ3) is 4.38. The van der Waals surface area contributed by atoms with Crippen LogP contribution in [0.2, 0.25) is 0 Å². The summed E-state index contributed by atoms with van der Waals surface area (Å²) in [6.45, 7) is 5.00. The predicted octanol–water partition coefficient (Wildman–Crippen LogP) is 5.75. The maximum Gasteiger partial charge on any atom is 0.123 e. The zero-order valence-corrected chi connectivity index (χ0v) is 15.3. The molecule has 4 heteroatoms. The molecule has 0 fully saturated rings. The molecule has 0 saturated carbocycles. The maximum absolute atomic E-state index is 13.4. The second kappa shape index (κ2) is 7.52. The first-order valence-electron chi connectivity index (χ1n) is 6.96. The number of benzene rings is 2. The lowest BCUT2D eigenvalue weighted by molar-refractivity contribution is 0.589. The van der Waals surface area contributed by atoms with Gasteiger partial charge in [0.1, 0.15) is 5.82 Å². The molecule has 0 heterocycles. The number of halogens is 3. The van der Waals surface area contributed by atoms with E-state index in [-0.39, 0.29) is 11.9 Å². The van der Waals surface area contributed by atoms with Crippen molar-refractivity contribution in [2.24, 2.45) is 0 Å². The number of hydrogen-bond acceptors (Lipinski definition) is 1. The summed E-state index contributed by atoms with van der Waals surface area (Å²) in [6.07, 6.45) is 1.05. The molecule has 0 aliphatic carbocycles. The van der Waals surface area contributed by atoms with E-state index in [1.54, 1.807) is 6.07 Å². The van der Waals surface area contributed by atoms with Crippen LogP contribution in [0, 0.1) is 12.7 Å². The van der Waals surface area contributed by atoms with E-state index in [0.29, 0.717) is 0 Å². The topological polar surface area (TPSA) is 12.0 Å². The highest BCUT2D eigenvalue weighted by molar-refractivity contribution is 9.11. The van der Waals surface area contributed by atoms with E-state index in [1.165, 1.54) is 6.07 Å². The van der Waals surface area contributed by atoms with Gasteiger partial charge in [-0.1, -0.05) is 44.8 Å². The number of hydrogen-bond donors (Lipinski definition) is 1. The van der Waals surface area contributed by atoms with Crippen LogP contribution in [0.3, 0.4) is 0 Å². The molecule has 2 rings (SSSR count). The monoisotopic (exact) mass is 413 g/mol. The molecule has 0 aromatic heterocycles. The Morgan fingerprint density at radius 1 is 1.10 bits per heavy atom. The van der Waals surface area contributed by atoms with Gasteiger partial charge in [-0.2, -0.15) is 0 Å². The average Bonchev–Trinajstić information content (AvgIpc) is 2.40. The molecule has 21 heavy (non-hydrogen) atoms. The Morgan fingerprint density at radius 3 is 2.33 bits per heavy atom. The van der Waals surface area contributed by atoms with Crippen LogP contribution in [0.25, 0.3) is 0 Å². The maximum atomic E-state index is 13.4. The molecular formula is C17H18Br2FN. The molecule has 1 atom stereocenters. The zero-order chi connectivity index (χ0) is 15.4. The summed E-state index contributed by atoms with van der Waals surface area (Å²) >= 11 is 7.07. The van der Waals surface area contributed by atoms with Crippen LogP contribution in [0.4, 0.5) is 4.39 Å². The molecule has 0 aliphatic heterocycles. The minimum Gasteiger partial charge on any atom is -0.306 e. The lowest BCUT2D eigenvalue weighted by atomic mass is 9.95. The number of nitrogens with one attached hydrogen (secondary N) is 1. The molecule has 0 saturated heterocycles. The third-order valence-corrected chi connectivity index (χ3v) is 4.28. The second-order valence-corrected chi connectivity index (χ2v) is 6.92. The summed E-state index contributed by atoms with van der Waals surface area (Å²) < 4.78 is 15.4. The van der Waals surface area contributed by atoms with E-state index < -0.39 is 0 Å². The van der Waals surface area contributed by atoms with Crippen molar-refractivity contribution >= 4 is 31.9 Å². The number of aryl methyl sites for hydroxylation is 1. The molecule has 1 nitrogen and oxygen atoms in total. The van der Waals surface area contributed by atoms with Gasteiger partial charge in [-0.15, -0.1) is 0 Å². The SMILES string of the molecule is CCCNC(c1cc(Br)cc(Br)c1)c1ccc(F)cc1C. The van der Waals surface area contributed by atoms with Gasteiger partial charge in [0.25, 0.3) is 0 Å². The van der Waals surface area contributed by atoms with Crippen LogP contribution in [0.15, 0.2) is 45.3 Å². The van der Waals surface area contributed by atoms with Gasteiger partial charge in [0.15, 0.2) is 0 Å². The summed E-state index contributed by atoms with van der Waals surface area (Å²) in [6, 6.07) is 11.2. The summed E-state index contributed by atoms with van der Waals surface area (Å²) in [4.78, 5) is 0. The molecule has 0 spiro atoms. The second-order valence-electron chi connectivity index (χ2n) is 5.09. The fourth-order valence-corrected chi connectivity index (χ4v) is 3.73. The fraction of sp³-hybridized carbons (Fsp3) is 0.294. The minimum absolute atomic E-state index is 0.0550. The van der Waals surface area contributed by atoms with Crippen molar-refractivity contribution in [3.05, 3.63) is 67.9 Å². The first kappa shape index (κ1) is 16.7. The lowest BCUT2D eigenvalue weighted by Crippen LogP contribution is -2.24. The van der Waals surface area contributed by atoms with E-state index in [1.807, 2.05) is 19.1 Å². The summed E-state index contributed by atoms with van der Waals surface area (Å²) in [5.74, 6) is -0.194. The van der Waals surface area contributed by atoms with Gasteiger partial charge in [-0.3, -0.25) is 0 Å². The Hall–Kier alpha value is -0.710. The first-order valence-corrected chi connectivity index (χ1v) is 8.55. The fourth-order valence-electron chi connectivity index (χ4n) is 2.40. The van der Waals surface area contributed by atoms with Crippen molar-refractivity contribution in [1.29, 1.82) is 0 Å². The van der Waals surface area contributed by atoms with Crippen LogP contribution in [-0.2, 0) is 0 Å². The summed E-state index contributed by atoms with van der Waals surface area (Å²) in [7, 11) is 0. The molecular weight excluding hydrogens is 397 g/mol. The normalized spacial score (nSPS) is 12.4. The largest absolute Gasteiger partial charge is 0.306 e. The van der Waals surface area contributed by atoms with Gasteiger partial charge in [0.05, 0.1) is 6.04 Å². The molecule has 112 valence electrons. The van der Waals surface area contributed by atoms with Crippen molar-refractivity contribution in [1.82, 2.24) is 5.32 Å². The molecule has 0 aliphatic rings. The van der Waals surface area contributed by atoms with Crippen molar-refractivity contribution < 1.29 is 4.39 Å². The Labute approximate surface area is 142 Å². The highest BCUT2D eigenvalue weighted by Gasteiger charge is 2.17. The van der Waals surface area contributed by atoms with Gasteiger partial charge in [-0.25, -0.2) is 4.39 Å². The Bertz CT molecular complexity index is 608. The first-order chi connectivity index (χ1) is 10.0. The predicted molar refractivity (Wildman–Crippen MR) is 93.1 cm³/mol. The third-order valence-electron chi connectivity index (χ3n) is 3.36. The highest BCUT2D eigenvalue weighted by Crippen LogP contribution is 2.30. The van der Waals surface area contributed by atoms with Crippen molar-refractivity contribution in [2.45, 2.75) is 26.3 Å². The Morgan fingerprint density at radius 2 is 1.76 bits per heavy atom. The van der Waals surface area contributed by atoms with Crippen LogP contribution >= 0.6 is 31.9 Å². The molecule has 1 N–H and O–H groups in total. The van der Waals surface area contributed by atoms with E-state index >= 15 is 0 Å². The quantitative estimate of drug-likeness (QED) is 0.656. The van der Waals surface area contributed by atoms with Gasteiger partial charge in [-0.05, 0) is 66.9 Å². The van der Waals surface area contributed by atoms with E-state index in [0.717, 1.165) is 38.6 Å². The minimum atomic E-state index is -0.194. The summed E-state index contributed by atoms with van der Waals surface area (Å²) in [5.41, 5.74) is 3.22. The molecule has 1 unspecified atom stereocenters. The van der Waals surface area contributed by atoms with Crippen molar-refractivity contribution in [3.8, 4) is 0 Å². The van der Waals surface area contributed by atoms with Crippen LogP contribution < -0.4 is 5.32 Å². The summed E-state index contributed by atoms with van der Waals surface area (Å²) in [5, 5.41) is 3.55. The van der Waals surface area contributed by atoms with Gasteiger partial charge in [0.2, 0.25) is 0 Å². The molecule has 2 aromatic carbocycles. The van der Waals surface area contributed by atoms with Crippen molar-refractivity contribution in [2.75, 3.05) is 6.54 Å². The van der Waals surface area contributed by atoms with Crippen LogP contribution in [0.1, 0.15) is 36.1 Å².